The molecule has 1 fully saturated rings. The molecule has 2 heterocycles. The van der Waals surface area contributed by atoms with Crippen molar-refractivity contribution >= 4 is 5.91 Å². The van der Waals surface area contributed by atoms with E-state index < -0.39 is 0 Å². The summed E-state index contributed by atoms with van der Waals surface area (Å²) in [6.45, 7) is 8.93. The van der Waals surface area contributed by atoms with Gasteiger partial charge in [-0.25, -0.2) is 0 Å². The van der Waals surface area contributed by atoms with Crippen molar-refractivity contribution in [2.75, 3.05) is 19.8 Å². The number of aryl methyl sites for hydroxylation is 2. The molecule has 0 saturated carbocycles. The smallest absolute Gasteiger partial charge is 0.251 e. The Kier molecular flexibility index (Phi) is 6.50. The van der Waals surface area contributed by atoms with Crippen molar-refractivity contribution in [3.63, 3.8) is 0 Å². The maximum atomic E-state index is 12.4. The second-order valence-electron chi connectivity index (χ2n) is 7.39. The number of hydrogen-bond acceptors (Lipinski definition) is 4. The van der Waals surface area contributed by atoms with Gasteiger partial charge in [0, 0.05) is 31.0 Å². The topological polar surface area (TPSA) is 65.4 Å². The molecule has 2 atom stereocenters. The molecule has 1 aliphatic heterocycles. The number of hydrogen-bond donors (Lipinski definition) is 1. The number of nitrogens with zero attached hydrogens (tertiary/aromatic N) is 2. The van der Waals surface area contributed by atoms with Gasteiger partial charge in [-0.15, -0.1) is 0 Å². The van der Waals surface area contributed by atoms with Crippen LogP contribution in [0.1, 0.15) is 41.5 Å². The van der Waals surface area contributed by atoms with Crippen molar-refractivity contribution in [1.82, 2.24) is 15.1 Å². The van der Waals surface area contributed by atoms with Gasteiger partial charge in [0.2, 0.25) is 0 Å². The SMILES string of the molecule is Cc1cc(C)n(C[C@H](C)CNC(=O)c2ccc(OC[C@H]3CCCO3)cc2)n1. The fraction of sp³-hybridized carbons (Fsp3) is 0.524. The Morgan fingerprint density at radius 1 is 1.37 bits per heavy atom. The third-order valence-electron chi connectivity index (χ3n) is 4.78. The zero-order valence-corrected chi connectivity index (χ0v) is 16.4. The average molecular weight is 371 g/mol. The van der Waals surface area contributed by atoms with Crippen LogP contribution in [0, 0.1) is 19.8 Å². The molecule has 27 heavy (non-hydrogen) atoms. The highest BCUT2D eigenvalue weighted by atomic mass is 16.5. The van der Waals surface area contributed by atoms with E-state index in [0.717, 1.165) is 43.1 Å². The van der Waals surface area contributed by atoms with Gasteiger partial charge in [-0.1, -0.05) is 6.92 Å². The zero-order valence-electron chi connectivity index (χ0n) is 16.4. The lowest BCUT2D eigenvalue weighted by Crippen LogP contribution is -2.30. The Morgan fingerprint density at radius 3 is 2.78 bits per heavy atom. The van der Waals surface area contributed by atoms with Gasteiger partial charge in [0.15, 0.2) is 0 Å². The lowest BCUT2D eigenvalue weighted by atomic mass is 10.1. The van der Waals surface area contributed by atoms with E-state index >= 15 is 0 Å². The van der Waals surface area contributed by atoms with Gasteiger partial charge in [0.1, 0.15) is 12.4 Å². The Bertz CT molecular complexity index is 749. The van der Waals surface area contributed by atoms with E-state index in [1.807, 2.05) is 30.7 Å². The molecule has 1 aliphatic rings. The molecule has 1 aromatic heterocycles. The largest absolute Gasteiger partial charge is 0.491 e. The third-order valence-corrected chi connectivity index (χ3v) is 4.78. The Hall–Kier alpha value is -2.34. The van der Waals surface area contributed by atoms with E-state index in [2.05, 4.69) is 23.4 Å². The van der Waals surface area contributed by atoms with Crippen molar-refractivity contribution in [3.8, 4) is 5.75 Å². The van der Waals surface area contributed by atoms with E-state index in [4.69, 9.17) is 9.47 Å². The predicted octanol–water partition coefficient (Wildman–Crippen LogP) is 3.12. The first-order chi connectivity index (χ1) is 13.0. The van der Waals surface area contributed by atoms with E-state index in [1.165, 1.54) is 0 Å². The summed E-state index contributed by atoms with van der Waals surface area (Å²) in [5.74, 6) is 0.988. The van der Waals surface area contributed by atoms with Gasteiger partial charge in [-0.05, 0) is 62.9 Å². The molecule has 1 saturated heterocycles. The third kappa shape index (κ3) is 5.57. The van der Waals surface area contributed by atoms with Gasteiger partial charge < -0.3 is 14.8 Å². The molecule has 1 amide bonds. The minimum atomic E-state index is -0.0686. The molecule has 3 rings (SSSR count). The fourth-order valence-electron chi connectivity index (χ4n) is 3.26. The van der Waals surface area contributed by atoms with Crippen LogP contribution in [-0.2, 0) is 11.3 Å². The van der Waals surface area contributed by atoms with Crippen molar-refractivity contribution < 1.29 is 14.3 Å². The van der Waals surface area contributed by atoms with Crippen LogP contribution in [0.2, 0.25) is 0 Å². The monoisotopic (exact) mass is 371 g/mol. The second-order valence-corrected chi connectivity index (χ2v) is 7.39. The maximum Gasteiger partial charge on any atom is 0.251 e. The van der Waals surface area contributed by atoms with Crippen LogP contribution < -0.4 is 10.1 Å². The molecule has 1 aromatic carbocycles. The normalized spacial score (nSPS) is 17.7. The van der Waals surface area contributed by atoms with Crippen LogP contribution >= 0.6 is 0 Å². The van der Waals surface area contributed by atoms with Crippen molar-refractivity contribution in [2.24, 2.45) is 5.92 Å². The molecule has 0 radical (unpaired) electrons. The van der Waals surface area contributed by atoms with Gasteiger partial charge in [0.05, 0.1) is 11.8 Å². The van der Waals surface area contributed by atoms with Gasteiger partial charge in [0.25, 0.3) is 5.91 Å². The summed E-state index contributed by atoms with van der Waals surface area (Å²) < 4.78 is 13.3. The van der Waals surface area contributed by atoms with E-state index in [1.54, 1.807) is 12.1 Å². The van der Waals surface area contributed by atoms with Crippen LogP contribution in [0.25, 0.3) is 0 Å². The standard InChI is InChI=1S/C21H29N3O3/c1-15(13-24-17(3)11-16(2)23-24)12-22-21(25)18-6-8-19(9-7-18)27-14-20-5-4-10-26-20/h6-9,11,15,20H,4-5,10,12-14H2,1-3H3,(H,22,25)/t15-,20-/m1/s1. The first-order valence-corrected chi connectivity index (χ1v) is 9.65. The lowest BCUT2D eigenvalue weighted by molar-refractivity contribution is 0.0679. The number of nitrogens with one attached hydrogen (secondary N) is 1. The molecule has 6 nitrogen and oxygen atoms in total. The summed E-state index contributed by atoms with van der Waals surface area (Å²) in [6.07, 6.45) is 2.35. The minimum Gasteiger partial charge on any atom is -0.491 e. The van der Waals surface area contributed by atoms with Gasteiger partial charge in [-0.2, -0.15) is 5.10 Å². The molecular formula is C21H29N3O3. The molecule has 146 valence electrons. The maximum absolute atomic E-state index is 12.4. The van der Waals surface area contributed by atoms with Crippen LogP contribution in [0.4, 0.5) is 0 Å². The average Bonchev–Trinajstić information content (AvgIpc) is 3.28. The summed E-state index contributed by atoms with van der Waals surface area (Å²) in [5.41, 5.74) is 2.80. The van der Waals surface area contributed by atoms with Crippen LogP contribution in [0.3, 0.4) is 0 Å². The molecule has 0 bridgehead atoms. The van der Waals surface area contributed by atoms with Crippen LogP contribution in [0.5, 0.6) is 5.75 Å². The van der Waals surface area contributed by atoms with Gasteiger partial charge >= 0.3 is 0 Å². The zero-order chi connectivity index (χ0) is 19.2. The number of benzene rings is 1. The summed E-state index contributed by atoms with van der Waals surface area (Å²) in [6, 6.07) is 9.33. The summed E-state index contributed by atoms with van der Waals surface area (Å²) in [7, 11) is 0. The van der Waals surface area contributed by atoms with Crippen molar-refractivity contribution in [1.29, 1.82) is 0 Å². The molecule has 0 aliphatic carbocycles. The molecular weight excluding hydrogens is 342 g/mol. The fourth-order valence-corrected chi connectivity index (χ4v) is 3.26. The number of aromatic nitrogens is 2. The van der Waals surface area contributed by atoms with Gasteiger partial charge in [-0.3, -0.25) is 9.48 Å². The van der Waals surface area contributed by atoms with E-state index in [9.17, 15) is 4.79 Å². The summed E-state index contributed by atoms with van der Waals surface area (Å²) in [5, 5.41) is 7.47. The summed E-state index contributed by atoms with van der Waals surface area (Å²) in [4.78, 5) is 12.4. The Morgan fingerprint density at radius 2 is 2.15 bits per heavy atom. The molecule has 2 aromatic rings. The highest BCUT2D eigenvalue weighted by Gasteiger charge is 2.16. The highest BCUT2D eigenvalue weighted by molar-refractivity contribution is 5.94. The highest BCUT2D eigenvalue weighted by Crippen LogP contribution is 2.16. The molecule has 0 spiro atoms. The first-order valence-electron chi connectivity index (χ1n) is 9.65. The molecule has 0 unspecified atom stereocenters. The first kappa shape index (κ1) is 19.4. The van der Waals surface area contributed by atoms with Crippen LogP contribution in [-0.4, -0.2) is 41.6 Å². The van der Waals surface area contributed by atoms with Crippen LogP contribution in [0.15, 0.2) is 30.3 Å². The lowest BCUT2D eigenvalue weighted by Gasteiger charge is -2.14. The number of carbonyl (C=O) groups excluding carboxylic acids is 1. The molecule has 1 N–H and O–H groups in total. The van der Waals surface area contributed by atoms with Crippen molar-refractivity contribution in [2.45, 2.75) is 46.3 Å². The predicted molar refractivity (Wildman–Crippen MR) is 104 cm³/mol. The Labute approximate surface area is 160 Å². The number of carbonyl (C=O) groups is 1. The molecule has 6 heteroatoms. The van der Waals surface area contributed by atoms with Crippen molar-refractivity contribution in [3.05, 3.63) is 47.3 Å². The summed E-state index contributed by atoms with van der Waals surface area (Å²) >= 11 is 0. The number of ether oxygens (including phenoxy) is 2. The minimum absolute atomic E-state index is 0.0686. The number of rotatable bonds is 8. The Balaban J connectivity index is 1.43. The number of amides is 1. The quantitative estimate of drug-likeness (QED) is 0.774. The second kappa shape index (κ2) is 9.04. The van der Waals surface area contributed by atoms with E-state index in [-0.39, 0.29) is 12.0 Å². The van der Waals surface area contributed by atoms with E-state index in [0.29, 0.717) is 24.6 Å².